The van der Waals surface area contributed by atoms with E-state index < -0.39 is 0 Å². The predicted octanol–water partition coefficient (Wildman–Crippen LogP) is 3.18. The number of carbonyl (C=O) groups is 1. The van der Waals surface area contributed by atoms with Gasteiger partial charge in [0.1, 0.15) is 11.3 Å². The first-order chi connectivity index (χ1) is 11.0. The van der Waals surface area contributed by atoms with E-state index in [1.165, 1.54) is 5.56 Å². The first kappa shape index (κ1) is 15.3. The molecule has 0 aliphatic carbocycles. The average molecular weight is 311 g/mol. The minimum atomic E-state index is 0.0388. The molecule has 0 spiro atoms. The summed E-state index contributed by atoms with van der Waals surface area (Å²) >= 11 is 0. The highest BCUT2D eigenvalue weighted by molar-refractivity contribution is 5.97. The molecule has 0 aliphatic rings. The van der Waals surface area contributed by atoms with Crippen molar-refractivity contribution in [3.63, 3.8) is 0 Å². The van der Waals surface area contributed by atoms with Crippen molar-refractivity contribution in [3.8, 4) is 0 Å². The highest BCUT2D eigenvalue weighted by Gasteiger charge is 2.13. The SMILES string of the molecule is Cc1cc2cc(C(=O)N(C)CCCc3cnn(C)c3)ccc2o1. The molecule has 0 fully saturated rings. The Labute approximate surface area is 135 Å². The second kappa shape index (κ2) is 6.28. The molecule has 0 radical (unpaired) electrons. The number of rotatable bonds is 5. The minimum absolute atomic E-state index is 0.0388. The number of hydrogen-bond donors (Lipinski definition) is 0. The molecule has 23 heavy (non-hydrogen) atoms. The molecule has 1 amide bonds. The number of hydrogen-bond acceptors (Lipinski definition) is 3. The minimum Gasteiger partial charge on any atom is -0.461 e. The van der Waals surface area contributed by atoms with Gasteiger partial charge in [0.05, 0.1) is 6.20 Å². The van der Waals surface area contributed by atoms with Gasteiger partial charge in [0.2, 0.25) is 0 Å². The zero-order chi connectivity index (χ0) is 16.4. The maximum Gasteiger partial charge on any atom is 0.253 e. The maximum absolute atomic E-state index is 12.5. The Balaban J connectivity index is 1.61. The van der Waals surface area contributed by atoms with Crippen LogP contribution < -0.4 is 0 Å². The number of aryl methyl sites for hydroxylation is 3. The van der Waals surface area contributed by atoms with Gasteiger partial charge in [-0.15, -0.1) is 0 Å². The third-order valence-corrected chi connectivity index (χ3v) is 3.95. The number of fused-ring (bicyclic) bond motifs is 1. The third kappa shape index (κ3) is 3.44. The van der Waals surface area contributed by atoms with Gasteiger partial charge in [-0.05, 0) is 49.6 Å². The fraction of sp³-hybridized carbons (Fsp3) is 0.333. The molecule has 3 aromatic rings. The van der Waals surface area contributed by atoms with E-state index in [0.717, 1.165) is 36.1 Å². The van der Waals surface area contributed by atoms with Gasteiger partial charge in [0.15, 0.2) is 0 Å². The first-order valence-electron chi connectivity index (χ1n) is 7.76. The van der Waals surface area contributed by atoms with Crippen LogP contribution in [0.3, 0.4) is 0 Å². The van der Waals surface area contributed by atoms with E-state index in [-0.39, 0.29) is 5.91 Å². The lowest BCUT2D eigenvalue weighted by atomic mass is 10.1. The van der Waals surface area contributed by atoms with Crippen molar-refractivity contribution in [2.75, 3.05) is 13.6 Å². The number of amides is 1. The largest absolute Gasteiger partial charge is 0.461 e. The highest BCUT2D eigenvalue weighted by Crippen LogP contribution is 2.21. The van der Waals surface area contributed by atoms with Crippen molar-refractivity contribution in [1.29, 1.82) is 0 Å². The molecule has 2 aromatic heterocycles. The molecule has 0 unspecified atom stereocenters. The van der Waals surface area contributed by atoms with E-state index >= 15 is 0 Å². The highest BCUT2D eigenvalue weighted by atomic mass is 16.3. The molecule has 0 saturated carbocycles. The molecule has 120 valence electrons. The Morgan fingerprint density at radius 1 is 1.35 bits per heavy atom. The summed E-state index contributed by atoms with van der Waals surface area (Å²) in [5, 5.41) is 5.12. The van der Waals surface area contributed by atoms with Gasteiger partial charge in [-0.3, -0.25) is 9.48 Å². The molecule has 0 N–H and O–H groups in total. The summed E-state index contributed by atoms with van der Waals surface area (Å²) in [7, 11) is 3.75. The van der Waals surface area contributed by atoms with Crippen LogP contribution in [0.4, 0.5) is 0 Å². The van der Waals surface area contributed by atoms with Crippen LogP contribution >= 0.6 is 0 Å². The summed E-state index contributed by atoms with van der Waals surface area (Å²) < 4.78 is 7.34. The summed E-state index contributed by atoms with van der Waals surface area (Å²) in [6.07, 6.45) is 5.72. The van der Waals surface area contributed by atoms with Crippen LogP contribution in [0.25, 0.3) is 11.0 Å². The van der Waals surface area contributed by atoms with Crippen molar-refractivity contribution in [2.24, 2.45) is 7.05 Å². The second-order valence-electron chi connectivity index (χ2n) is 5.96. The molecule has 1 aromatic carbocycles. The molecule has 0 saturated heterocycles. The van der Waals surface area contributed by atoms with Crippen LogP contribution in [-0.2, 0) is 13.5 Å². The number of nitrogens with zero attached hydrogens (tertiary/aromatic N) is 3. The van der Waals surface area contributed by atoms with Crippen molar-refractivity contribution in [2.45, 2.75) is 19.8 Å². The predicted molar refractivity (Wildman–Crippen MR) is 89.4 cm³/mol. The molecule has 3 rings (SSSR count). The van der Waals surface area contributed by atoms with Gasteiger partial charge in [-0.2, -0.15) is 5.10 Å². The first-order valence-corrected chi connectivity index (χ1v) is 7.76. The second-order valence-corrected chi connectivity index (χ2v) is 5.96. The zero-order valence-electron chi connectivity index (χ0n) is 13.7. The Kier molecular flexibility index (Phi) is 4.19. The van der Waals surface area contributed by atoms with Crippen molar-refractivity contribution < 1.29 is 9.21 Å². The molecule has 2 heterocycles. The lowest BCUT2D eigenvalue weighted by Crippen LogP contribution is -2.27. The summed E-state index contributed by atoms with van der Waals surface area (Å²) in [6.45, 7) is 2.63. The fourth-order valence-corrected chi connectivity index (χ4v) is 2.75. The normalized spacial score (nSPS) is 11.1. The van der Waals surface area contributed by atoms with E-state index in [9.17, 15) is 4.79 Å². The van der Waals surface area contributed by atoms with Crippen LogP contribution in [0.1, 0.15) is 28.1 Å². The number of aromatic nitrogens is 2. The Bertz CT molecular complexity index is 832. The number of benzene rings is 1. The van der Waals surface area contributed by atoms with Crippen LogP contribution in [0.5, 0.6) is 0 Å². The summed E-state index contributed by atoms with van der Waals surface area (Å²) in [4.78, 5) is 14.3. The molecular formula is C18H21N3O2. The Morgan fingerprint density at radius 3 is 2.91 bits per heavy atom. The molecular weight excluding hydrogens is 290 g/mol. The summed E-state index contributed by atoms with van der Waals surface area (Å²) in [6, 6.07) is 7.53. The quantitative estimate of drug-likeness (QED) is 0.727. The maximum atomic E-state index is 12.5. The zero-order valence-corrected chi connectivity index (χ0v) is 13.7. The van der Waals surface area contributed by atoms with Crippen molar-refractivity contribution in [1.82, 2.24) is 14.7 Å². The number of carbonyl (C=O) groups excluding carboxylic acids is 1. The molecule has 5 nitrogen and oxygen atoms in total. The lowest BCUT2D eigenvalue weighted by Gasteiger charge is -2.17. The van der Waals surface area contributed by atoms with E-state index in [0.29, 0.717) is 5.56 Å². The number of furan rings is 1. The Hall–Kier alpha value is -2.56. The third-order valence-electron chi connectivity index (χ3n) is 3.95. The molecule has 0 aliphatic heterocycles. The van der Waals surface area contributed by atoms with E-state index in [2.05, 4.69) is 5.10 Å². The standard InChI is InChI=1S/C18H21N3O2/c1-13-9-16-10-15(6-7-17(16)23-13)18(22)20(2)8-4-5-14-11-19-21(3)12-14/h6-7,9-12H,4-5,8H2,1-3H3. The van der Waals surface area contributed by atoms with E-state index in [1.54, 1.807) is 9.58 Å². The van der Waals surface area contributed by atoms with Gasteiger partial charge in [-0.25, -0.2) is 0 Å². The Morgan fingerprint density at radius 2 is 2.17 bits per heavy atom. The topological polar surface area (TPSA) is 51.3 Å². The van der Waals surface area contributed by atoms with Crippen LogP contribution in [0.15, 0.2) is 41.1 Å². The van der Waals surface area contributed by atoms with Gasteiger partial charge in [0.25, 0.3) is 5.91 Å². The van der Waals surface area contributed by atoms with Gasteiger partial charge in [-0.1, -0.05) is 0 Å². The van der Waals surface area contributed by atoms with Crippen LogP contribution in [0.2, 0.25) is 0 Å². The van der Waals surface area contributed by atoms with E-state index in [4.69, 9.17) is 4.42 Å². The van der Waals surface area contributed by atoms with Gasteiger partial charge < -0.3 is 9.32 Å². The smallest absolute Gasteiger partial charge is 0.253 e. The molecule has 0 atom stereocenters. The average Bonchev–Trinajstić information content (AvgIpc) is 3.10. The lowest BCUT2D eigenvalue weighted by molar-refractivity contribution is 0.0793. The van der Waals surface area contributed by atoms with Crippen LogP contribution in [-0.4, -0.2) is 34.2 Å². The summed E-state index contributed by atoms with van der Waals surface area (Å²) in [5.74, 6) is 0.895. The molecule has 5 heteroatoms. The molecule has 0 bridgehead atoms. The van der Waals surface area contributed by atoms with Crippen molar-refractivity contribution in [3.05, 3.63) is 53.5 Å². The van der Waals surface area contributed by atoms with E-state index in [1.807, 2.05) is 57.7 Å². The van der Waals surface area contributed by atoms with Crippen LogP contribution in [0, 0.1) is 6.92 Å². The summed E-state index contributed by atoms with van der Waals surface area (Å²) in [5.41, 5.74) is 2.71. The van der Waals surface area contributed by atoms with Crippen molar-refractivity contribution >= 4 is 16.9 Å². The fourth-order valence-electron chi connectivity index (χ4n) is 2.75. The monoisotopic (exact) mass is 311 g/mol. The van der Waals surface area contributed by atoms with Gasteiger partial charge >= 0.3 is 0 Å². The van der Waals surface area contributed by atoms with Gasteiger partial charge in [0, 0.05) is 37.8 Å².